The van der Waals surface area contributed by atoms with Gasteiger partial charge >= 0.3 is 0 Å². The molecule has 2 nitrogen and oxygen atoms in total. The zero-order valence-corrected chi connectivity index (χ0v) is 14.4. The Morgan fingerprint density at radius 2 is 1.95 bits per heavy atom. The molecule has 2 N–H and O–H groups in total. The van der Waals surface area contributed by atoms with Crippen molar-refractivity contribution in [2.45, 2.75) is 65.4 Å². The summed E-state index contributed by atoms with van der Waals surface area (Å²) in [4.78, 5) is 0. The minimum absolute atomic E-state index is 0.102. The molecule has 0 aromatic carbocycles. The molecule has 2 heteroatoms. The van der Waals surface area contributed by atoms with Crippen molar-refractivity contribution in [1.29, 1.82) is 0 Å². The van der Waals surface area contributed by atoms with E-state index in [4.69, 9.17) is 0 Å². The molecular formula is C20H32O2. The van der Waals surface area contributed by atoms with Gasteiger partial charge in [0.05, 0.1) is 12.7 Å². The third-order valence-corrected chi connectivity index (χ3v) is 7.57. The zero-order chi connectivity index (χ0) is 16.2. The number of allylic oxidation sites excluding steroid dienone is 3. The number of aliphatic hydroxyl groups is 2. The van der Waals surface area contributed by atoms with Gasteiger partial charge in [0.25, 0.3) is 0 Å². The van der Waals surface area contributed by atoms with E-state index in [1.165, 1.54) is 12.8 Å². The summed E-state index contributed by atoms with van der Waals surface area (Å²) in [6.07, 6.45) is 10.8. The third-order valence-electron chi connectivity index (χ3n) is 7.57. The van der Waals surface area contributed by atoms with E-state index in [1.54, 1.807) is 5.57 Å². The van der Waals surface area contributed by atoms with E-state index in [-0.39, 0.29) is 29.0 Å². The average molecular weight is 304 g/mol. The highest BCUT2D eigenvalue weighted by Crippen LogP contribution is 2.63. The third kappa shape index (κ3) is 2.14. The van der Waals surface area contributed by atoms with Gasteiger partial charge in [0, 0.05) is 10.8 Å². The minimum atomic E-state index is -0.358. The molecule has 0 aromatic rings. The van der Waals surface area contributed by atoms with Gasteiger partial charge in [-0.05, 0) is 55.8 Å². The summed E-state index contributed by atoms with van der Waals surface area (Å²) in [5.74, 6) is 1.04. The fourth-order valence-electron chi connectivity index (χ4n) is 5.94. The molecule has 0 heterocycles. The SMILES string of the molecule is C=C[C@]1(C)C=C2CC[C@H]3[C@@](C)(CO)[C@H](O)CC[C@@]3(C)[C@@H]2CC1. The van der Waals surface area contributed by atoms with Crippen molar-refractivity contribution >= 4 is 0 Å². The lowest BCUT2D eigenvalue weighted by molar-refractivity contribution is -0.153. The summed E-state index contributed by atoms with van der Waals surface area (Å²) in [6, 6.07) is 0. The molecule has 2 fully saturated rings. The van der Waals surface area contributed by atoms with E-state index >= 15 is 0 Å². The van der Waals surface area contributed by atoms with E-state index in [1.807, 2.05) is 0 Å². The van der Waals surface area contributed by atoms with Crippen LogP contribution in [-0.4, -0.2) is 22.9 Å². The van der Waals surface area contributed by atoms with Crippen LogP contribution in [0, 0.1) is 28.1 Å². The molecule has 0 aliphatic heterocycles. The molecule has 3 aliphatic carbocycles. The van der Waals surface area contributed by atoms with Crippen LogP contribution in [0.4, 0.5) is 0 Å². The molecule has 3 rings (SSSR count). The van der Waals surface area contributed by atoms with Crippen LogP contribution in [0.25, 0.3) is 0 Å². The monoisotopic (exact) mass is 304 g/mol. The van der Waals surface area contributed by atoms with Crippen LogP contribution in [0.3, 0.4) is 0 Å². The number of hydrogen-bond acceptors (Lipinski definition) is 2. The number of aliphatic hydroxyl groups excluding tert-OH is 2. The largest absolute Gasteiger partial charge is 0.396 e. The van der Waals surface area contributed by atoms with E-state index in [0.29, 0.717) is 11.8 Å². The fourth-order valence-corrected chi connectivity index (χ4v) is 5.94. The quantitative estimate of drug-likeness (QED) is 0.755. The van der Waals surface area contributed by atoms with Crippen molar-refractivity contribution in [2.24, 2.45) is 28.1 Å². The predicted octanol–water partition coefficient (Wildman–Crippen LogP) is 4.08. The summed E-state index contributed by atoms with van der Waals surface area (Å²) in [6.45, 7) is 10.9. The second kappa shape index (κ2) is 5.21. The van der Waals surface area contributed by atoms with Crippen LogP contribution in [0.15, 0.2) is 24.3 Å². The van der Waals surface area contributed by atoms with Gasteiger partial charge in [0.1, 0.15) is 0 Å². The Bertz CT molecular complexity index is 496. The molecule has 0 spiro atoms. The Kier molecular flexibility index (Phi) is 3.85. The molecule has 0 radical (unpaired) electrons. The summed E-state index contributed by atoms with van der Waals surface area (Å²) in [5.41, 5.74) is 1.66. The molecule has 0 unspecified atom stereocenters. The molecule has 0 saturated heterocycles. The van der Waals surface area contributed by atoms with Crippen LogP contribution < -0.4 is 0 Å². The zero-order valence-electron chi connectivity index (χ0n) is 14.4. The lowest BCUT2D eigenvalue weighted by atomic mass is 9.44. The highest BCUT2D eigenvalue weighted by molar-refractivity contribution is 5.27. The van der Waals surface area contributed by atoms with Crippen LogP contribution in [-0.2, 0) is 0 Å². The van der Waals surface area contributed by atoms with Crippen molar-refractivity contribution in [1.82, 2.24) is 0 Å². The standard InChI is InChI=1S/C20H32O2/c1-5-18(2)10-8-15-14(12-18)6-7-16-19(15,3)11-9-17(22)20(16,4)13-21/h5,12,15-17,21-22H,1,6-11,13H2,2-4H3/t15-,16-,17-,18+,19+,20-/m1/s1. The summed E-state index contributed by atoms with van der Waals surface area (Å²) < 4.78 is 0. The Labute approximate surface area is 135 Å². The van der Waals surface area contributed by atoms with E-state index in [2.05, 4.69) is 39.5 Å². The number of fused-ring (bicyclic) bond motifs is 3. The lowest BCUT2D eigenvalue weighted by Crippen LogP contribution is -2.58. The van der Waals surface area contributed by atoms with Gasteiger partial charge < -0.3 is 10.2 Å². The first-order chi connectivity index (χ1) is 10.3. The maximum Gasteiger partial charge on any atom is 0.0618 e. The highest BCUT2D eigenvalue weighted by Gasteiger charge is 2.58. The van der Waals surface area contributed by atoms with Crippen molar-refractivity contribution < 1.29 is 10.2 Å². The fraction of sp³-hybridized carbons (Fsp3) is 0.800. The van der Waals surface area contributed by atoms with Crippen LogP contribution in [0.5, 0.6) is 0 Å². The number of rotatable bonds is 2. The minimum Gasteiger partial charge on any atom is -0.396 e. The Balaban J connectivity index is 1.98. The topological polar surface area (TPSA) is 40.5 Å². The van der Waals surface area contributed by atoms with Gasteiger partial charge in [-0.25, -0.2) is 0 Å². The van der Waals surface area contributed by atoms with Gasteiger partial charge in [0.15, 0.2) is 0 Å². The van der Waals surface area contributed by atoms with E-state index in [0.717, 1.165) is 25.7 Å². The normalized spacial score (nSPS) is 51.5. The van der Waals surface area contributed by atoms with Crippen molar-refractivity contribution in [2.75, 3.05) is 6.61 Å². The molecule has 2 saturated carbocycles. The highest BCUT2D eigenvalue weighted by atomic mass is 16.3. The molecule has 0 aromatic heterocycles. The Hall–Kier alpha value is -0.600. The Morgan fingerprint density at radius 1 is 1.23 bits per heavy atom. The van der Waals surface area contributed by atoms with Crippen molar-refractivity contribution in [3.63, 3.8) is 0 Å². The van der Waals surface area contributed by atoms with Gasteiger partial charge in [-0.2, -0.15) is 0 Å². The molecule has 3 aliphatic rings. The van der Waals surface area contributed by atoms with Crippen LogP contribution in [0.2, 0.25) is 0 Å². The predicted molar refractivity (Wildman–Crippen MR) is 90.4 cm³/mol. The first-order valence-corrected chi connectivity index (χ1v) is 8.93. The molecule has 0 bridgehead atoms. The molecule has 6 atom stereocenters. The number of hydrogen-bond donors (Lipinski definition) is 2. The molecule has 22 heavy (non-hydrogen) atoms. The van der Waals surface area contributed by atoms with Crippen LogP contribution >= 0.6 is 0 Å². The second-order valence-corrected chi connectivity index (χ2v) is 8.84. The first-order valence-electron chi connectivity index (χ1n) is 8.93. The average Bonchev–Trinajstić information content (AvgIpc) is 2.51. The van der Waals surface area contributed by atoms with Crippen LogP contribution in [0.1, 0.15) is 59.3 Å². The smallest absolute Gasteiger partial charge is 0.0618 e. The molecular weight excluding hydrogens is 272 g/mol. The van der Waals surface area contributed by atoms with E-state index in [9.17, 15) is 10.2 Å². The van der Waals surface area contributed by atoms with Gasteiger partial charge in [-0.3, -0.25) is 0 Å². The molecule has 124 valence electrons. The Morgan fingerprint density at radius 3 is 2.59 bits per heavy atom. The maximum absolute atomic E-state index is 10.5. The summed E-state index contributed by atoms with van der Waals surface area (Å²) in [7, 11) is 0. The summed E-state index contributed by atoms with van der Waals surface area (Å²) in [5, 5.41) is 20.5. The van der Waals surface area contributed by atoms with Gasteiger partial charge in [-0.15, -0.1) is 6.58 Å². The second-order valence-electron chi connectivity index (χ2n) is 8.84. The van der Waals surface area contributed by atoms with E-state index < -0.39 is 0 Å². The van der Waals surface area contributed by atoms with Gasteiger partial charge in [0.2, 0.25) is 0 Å². The first kappa shape index (κ1) is 16.3. The summed E-state index contributed by atoms with van der Waals surface area (Å²) >= 11 is 0. The van der Waals surface area contributed by atoms with Crippen molar-refractivity contribution in [3.8, 4) is 0 Å². The van der Waals surface area contributed by atoms with Gasteiger partial charge in [-0.1, -0.05) is 38.5 Å². The maximum atomic E-state index is 10.5. The lowest BCUT2D eigenvalue weighted by Gasteiger charge is -2.61. The molecule has 0 amide bonds. The van der Waals surface area contributed by atoms with Crippen molar-refractivity contribution in [3.05, 3.63) is 24.3 Å².